The number of nitrogens with one attached hydrogen (secondary N) is 2. The van der Waals surface area contributed by atoms with Gasteiger partial charge in [0.25, 0.3) is 0 Å². The summed E-state index contributed by atoms with van der Waals surface area (Å²) in [5, 5.41) is 16.0. The van der Waals surface area contributed by atoms with Crippen molar-refractivity contribution in [3.05, 3.63) is 89.5 Å². The van der Waals surface area contributed by atoms with Gasteiger partial charge in [0.15, 0.2) is 0 Å². The molecule has 3 aromatic rings. The molecule has 9 heteroatoms. The first-order chi connectivity index (χ1) is 17.3. The third-order valence-electron chi connectivity index (χ3n) is 5.90. The molecule has 0 bridgehead atoms. The van der Waals surface area contributed by atoms with Gasteiger partial charge in [-0.05, 0) is 47.0 Å². The summed E-state index contributed by atoms with van der Waals surface area (Å²) in [5.41, 5.74) is 3.04. The number of hydrogen-bond donors (Lipinski definition) is 3. The number of carbonyl (C=O) groups excluding carboxylic acids is 2. The van der Waals surface area contributed by atoms with Crippen molar-refractivity contribution in [3.63, 3.8) is 0 Å². The van der Waals surface area contributed by atoms with E-state index in [2.05, 4.69) is 10.6 Å². The van der Waals surface area contributed by atoms with Gasteiger partial charge in [-0.2, -0.15) is 0 Å². The fourth-order valence-electron chi connectivity index (χ4n) is 3.96. The predicted octanol–water partition coefficient (Wildman–Crippen LogP) is 3.92. The van der Waals surface area contributed by atoms with Crippen LogP contribution in [0, 0.1) is 11.6 Å². The number of hydrogen-bond acceptors (Lipinski definition) is 5. The van der Waals surface area contributed by atoms with Crippen molar-refractivity contribution in [2.24, 2.45) is 0 Å². The molecule has 0 aliphatic carbocycles. The summed E-state index contributed by atoms with van der Waals surface area (Å²) in [4.78, 5) is 24.6. The lowest BCUT2D eigenvalue weighted by atomic mass is 10.0. The van der Waals surface area contributed by atoms with Crippen LogP contribution in [0.25, 0.3) is 11.1 Å². The smallest absolute Gasteiger partial charge is 0.414 e. The zero-order chi connectivity index (χ0) is 25.7. The average Bonchev–Trinajstić information content (AvgIpc) is 3.24. The first kappa shape index (κ1) is 25.3. The monoisotopic (exact) mass is 495 g/mol. The van der Waals surface area contributed by atoms with E-state index < -0.39 is 24.1 Å². The molecule has 36 heavy (non-hydrogen) atoms. The molecule has 0 unspecified atom stereocenters. The molecule has 0 aromatic heterocycles. The number of aliphatic hydroxyl groups is 1. The Hall–Kier alpha value is -3.82. The number of amides is 2. The number of nitrogens with zero attached hydrogens (tertiary/aromatic N) is 1. The molecule has 188 valence electrons. The van der Waals surface area contributed by atoms with Crippen LogP contribution in [0.1, 0.15) is 24.2 Å². The van der Waals surface area contributed by atoms with E-state index in [1.54, 1.807) is 36.4 Å². The Morgan fingerprint density at radius 3 is 2.50 bits per heavy atom. The van der Waals surface area contributed by atoms with E-state index in [4.69, 9.17) is 4.74 Å². The van der Waals surface area contributed by atoms with Crippen LogP contribution >= 0.6 is 0 Å². The van der Waals surface area contributed by atoms with Crippen LogP contribution in [0.2, 0.25) is 0 Å². The molecular formula is C27H27F2N3O4. The highest BCUT2D eigenvalue weighted by Gasteiger charge is 2.32. The highest BCUT2D eigenvalue weighted by molar-refractivity contribution is 5.90. The summed E-state index contributed by atoms with van der Waals surface area (Å²) < 4.78 is 33.2. The molecule has 3 N–H and O–H groups in total. The van der Waals surface area contributed by atoms with Crippen molar-refractivity contribution >= 4 is 17.7 Å². The largest absolute Gasteiger partial charge is 0.442 e. The lowest BCUT2D eigenvalue weighted by molar-refractivity contribution is -0.119. The maximum absolute atomic E-state index is 14.9. The van der Waals surface area contributed by atoms with E-state index in [1.165, 1.54) is 30.0 Å². The molecule has 2 atom stereocenters. The second kappa shape index (κ2) is 11.3. The fourth-order valence-corrected chi connectivity index (χ4v) is 3.96. The lowest BCUT2D eigenvalue weighted by Crippen LogP contribution is -2.33. The quantitative estimate of drug-likeness (QED) is 0.419. The fraction of sp³-hybridized carbons (Fsp3) is 0.259. The van der Waals surface area contributed by atoms with E-state index in [1.807, 2.05) is 12.1 Å². The summed E-state index contributed by atoms with van der Waals surface area (Å²) >= 11 is 0. The molecule has 1 saturated heterocycles. The second-order valence-corrected chi connectivity index (χ2v) is 8.61. The van der Waals surface area contributed by atoms with Crippen LogP contribution in [-0.4, -0.2) is 42.8 Å². The number of aliphatic hydroxyl groups excluding tert-OH is 1. The van der Waals surface area contributed by atoms with Gasteiger partial charge < -0.3 is 20.5 Å². The summed E-state index contributed by atoms with van der Waals surface area (Å²) in [7, 11) is 0. The van der Waals surface area contributed by atoms with Crippen molar-refractivity contribution in [1.82, 2.24) is 10.6 Å². The van der Waals surface area contributed by atoms with Gasteiger partial charge in [0.1, 0.15) is 17.7 Å². The summed E-state index contributed by atoms with van der Waals surface area (Å²) in [6.07, 6.45) is -1.84. The van der Waals surface area contributed by atoms with Crippen LogP contribution in [-0.2, 0) is 16.1 Å². The standard InChI is InChI=1S/C27H27F2N3O4/c1-17(33)31-14-23-16-32(27(35)36-23)22-10-11-24(25(29)12-22)19-4-2-18(3-5-19)13-30-15-26(34)20-6-8-21(28)9-7-20/h2-12,23,26,30,34H,13-16H2,1H3,(H,31,33)/t23-,26-/m0/s1. The Kier molecular flexibility index (Phi) is 7.92. The number of rotatable bonds is 9. The van der Waals surface area contributed by atoms with Crippen molar-refractivity contribution in [3.8, 4) is 11.1 Å². The predicted molar refractivity (Wildman–Crippen MR) is 131 cm³/mol. The van der Waals surface area contributed by atoms with Gasteiger partial charge in [-0.3, -0.25) is 9.69 Å². The molecular weight excluding hydrogens is 468 g/mol. The topological polar surface area (TPSA) is 90.9 Å². The third-order valence-corrected chi connectivity index (χ3v) is 5.90. The van der Waals surface area contributed by atoms with Gasteiger partial charge in [-0.15, -0.1) is 0 Å². The highest BCUT2D eigenvalue weighted by Crippen LogP contribution is 2.29. The van der Waals surface area contributed by atoms with Gasteiger partial charge in [0.2, 0.25) is 5.91 Å². The number of halogens is 2. The van der Waals surface area contributed by atoms with Crippen LogP contribution in [0.3, 0.4) is 0 Å². The number of ether oxygens (including phenoxy) is 1. The van der Waals surface area contributed by atoms with Crippen LogP contribution in [0.15, 0.2) is 66.7 Å². The Morgan fingerprint density at radius 2 is 1.83 bits per heavy atom. The molecule has 1 fully saturated rings. The number of cyclic esters (lactones) is 1. The number of anilines is 1. The Labute approximate surface area is 207 Å². The Bertz CT molecular complexity index is 1220. The average molecular weight is 496 g/mol. The maximum Gasteiger partial charge on any atom is 0.414 e. The van der Waals surface area contributed by atoms with Gasteiger partial charge in [-0.1, -0.05) is 36.4 Å². The van der Waals surface area contributed by atoms with Crippen LogP contribution < -0.4 is 15.5 Å². The lowest BCUT2D eigenvalue weighted by Gasteiger charge is -2.15. The van der Waals surface area contributed by atoms with E-state index >= 15 is 0 Å². The summed E-state index contributed by atoms with van der Waals surface area (Å²) in [6, 6.07) is 17.6. The summed E-state index contributed by atoms with van der Waals surface area (Å²) in [5.74, 6) is -1.04. The number of benzene rings is 3. The molecule has 2 amide bonds. The molecule has 1 heterocycles. The van der Waals surface area contributed by atoms with Gasteiger partial charge in [0.05, 0.1) is 24.9 Å². The van der Waals surface area contributed by atoms with Gasteiger partial charge in [0, 0.05) is 25.6 Å². The summed E-state index contributed by atoms with van der Waals surface area (Å²) in [6.45, 7) is 2.59. The molecule has 7 nitrogen and oxygen atoms in total. The highest BCUT2D eigenvalue weighted by atomic mass is 19.1. The Balaban J connectivity index is 1.34. The first-order valence-corrected chi connectivity index (χ1v) is 11.6. The Morgan fingerprint density at radius 1 is 1.11 bits per heavy atom. The van der Waals surface area contributed by atoms with Crippen molar-refractivity contribution in [1.29, 1.82) is 0 Å². The van der Waals surface area contributed by atoms with Crippen LogP contribution in [0.5, 0.6) is 0 Å². The molecule has 4 rings (SSSR count). The first-order valence-electron chi connectivity index (χ1n) is 11.6. The van der Waals surface area contributed by atoms with E-state index in [9.17, 15) is 23.5 Å². The molecule has 0 spiro atoms. The van der Waals surface area contributed by atoms with Gasteiger partial charge >= 0.3 is 6.09 Å². The SMILES string of the molecule is CC(=O)NC[C@H]1CN(c2ccc(-c3ccc(CNC[C@H](O)c4ccc(F)cc4)cc3)c(F)c2)C(=O)O1. The van der Waals surface area contributed by atoms with E-state index in [0.29, 0.717) is 35.5 Å². The van der Waals surface area contributed by atoms with Crippen LogP contribution in [0.4, 0.5) is 19.3 Å². The molecule has 1 aliphatic heterocycles. The zero-order valence-electron chi connectivity index (χ0n) is 19.7. The number of carbonyl (C=O) groups is 2. The molecule has 3 aromatic carbocycles. The maximum atomic E-state index is 14.9. The minimum atomic E-state index is -0.758. The van der Waals surface area contributed by atoms with Crippen molar-refractivity contribution in [2.45, 2.75) is 25.7 Å². The zero-order valence-corrected chi connectivity index (χ0v) is 19.7. The van der Waals surface area contributed by atoms with Crippen molar-refractivity contribution in [2.75, 3.05) is 24.5 Å². The molecule has 1 aliphatic rings. The van der Waals surface area contributed by atoms with Gasteiger partial charge in [-0.25, -0.2) is 13.6 Å². The van der Waals surface area contributed by atoms with Crippen molar-refractivity contribution < 1.29 is 28.2 Å². The third kappa shape index (κ3) is 6.24. The van der Waals surface area contributed by atoms with E-state index in [-0.39, 0.29) is 24.8 Å². The second-order valence-electron chi connectivity index (χ2n) is 8.61. The van der Waals surface area contributed by atoms with E-state index in [0.717, 1.165) is 5.56 Å². The molecule has 0 radical (unpaired) electrons. The minimum absolute atomic E-state index is 0.199. The minimum Gasteiger partial charge on any atom is -0.442 e. The normalized spacial score (nSPS) is 16.1. The molecule has 0 saturated carbocycles.